The topological polar surface area (TPSA) is 73.2 Å². The number of nitrogens with zero attached hydrogens (tertiary/aromatic N) is 2. The Morgan fingerprint density at radius 1 is 1.07 bits per heavy atom. The lowest BCUT2D eigenvalue weighted by Crippen LogP contribution is -2.22. The van der Waals surface area contributed by atoms with Crippen LogP contribution in [-0.2, 0) is 9.53 Å². The van der Waals surface area contributed by atoms with Crippen molar-refractivity contribution in [2.24, 2.45) is 0 Å². The van der Waals surface area contributed by atoms with E-state index in [-0.39, 0.29) is 12.5 Å². The van der Waals surface area contributed by atoms with Crippen LogP contribution in [0.1, 0.15) is 27.0 Å². The molecule has 27 heavy (non-hydrogen) atoms. The Bertz CT molecular complexity index is 938. The van der Waals surface area contributed by atoms with Gasteiger partial charge in [-0.25, -0.2) is 9.48 Å². The van der Waals surface area contributed by atoms with E-state index in [0.717, 1.165) is 28.1 Å². The highest BCUT2D eigenvalue weighted by molar-refractivity contribution is 5.96. The van der Waals surface area contributed by atoms with Crippen LogP contribution in [0.15, 0.2) is 54.9 Å². The summed E-state index contributed by atoms with van der Waals surface area (Å²) in [7, 11) is 0. The number of aryl methyl sites for hydroxylation is 3. The second kappa shape index (κ2) is 7.86. The maximum absolute atomic E-state index is 12.2. The van der Waals surface area contributed by atoms with Gasteiger partial charge in [-0.2, -0.15) is 5.10 Å². The van der Waals surface area contributed by atoms with Gasteiger partial charge < -0.3 is 10.1 Å². The Morgan fingerprint density at radius 3 is 2.33 bits per heavy atom. The summed E-state index contributed by atoms with van der Waals surface area (Å²) in [6, 6.07) is 12.6. The summed E-state index contributed by atoms with van der Waals surface area (Å²) in [4.78, 5) is 24.3. The largest absolute Gasteiger partial charge is 0.452 e. The minimum absolute atomic E-state index is 0.341. The second-order valence-electron chi connectivity index (χ2n) is 6.40. The number of anilines is 1. The number of aromatic nitrogens is 2. The van der Waals surface area contributed by atoms with Gasteiger partial charge in [0.2, 0.25) is 0 Å². The van der Waals surface area contributed by atoms with Crippen LogP contribution < -0.4 is 5.32 Å². The van der Waals surface area contributed by atoms with Crippen molar-refractivity contribution >= 4 is 17.6 Å². The van der Waals surface area contributed by atoms with Crippen LogP contribution in [0, 0.1) is 20.8 Å². The molecule has 3 rings (SSSR count). The van der Waals surface area contributed by atoms with Crippen LogP contribution >= 0.6 is 0 Å². The second-order valence-corrected chi connectivity index (χ2v) is 6.40. The Hall–Kier alpha value is -3.41. The van der Waals surface area contributed by atoms with Crippen molar-refractivity contribution in [1.29, 1.82) is 0 Å². The molecule has 1 N–H and O–H groups in total. The van der Waals surface area contributed by atoms with Gasteiger partial charge in [-0.3, -0.25) is 4.79 Å². The molecule has 138 valence electrons. The van der Waals surface area contributed by atoms with Gasteiger partial charge in [-0.15, -0.1) is 0 Å². The average Bonchev–Trinajstić information content (AvgIpc) is 3.17. The monoisotopic (exact) mass is 363 g/mol. The Morgan fingerprint density at radius 2 is 1.74 bits per heavy atom. The molecule has 1 heterocycles. The Balaban J connectivity index is 1.58. The number of carbonyl (C=O) groups is 2. The fourth-order valence-electron chi connectivity index (χ4n) is 2.94. The summed E-state index contributed by atoms with van der Waals surface area (Å²) >= 11 is 0. The molecule has 0 atom stereocenters. The Kier molecular flexibility index (Phi) is 5.35. The molecule has 0 radical (unpaired) electrons. The van der Waals surface area contributed by atoms with Crippen LogP contribution in [0.25, 0.3) is 5.69 Å². The van der Waals surface area contributed by atoms with Crippen molar-refractivity contribution in [3.63, 3.8) is 0 Å². The lowest BCUT2D eigenvalue weighted by molar-refractivity contribution is -0.119. The van der Waals surface area contributed by atoms with E-state index in [1.807, 2.05) is 45.2 Å². The van der Waals surface area contributed by atoms with E-state index < -0.39 is 5.97 Å². The van der Waals surface area contributed by atoms with Gasteiger partial charge in [-0.1, -0.05) is 17.7 Å². The molecule has 1 aromatic heterocycles. The number of benzene rings is 2. The third-order valence-electron chi connectivity index (χ3n) is 4.15. The average molecular weight is 363 g/mol. The minimum atomic E-state index is -0.547. The standard InChI is InChI=1S/C21H21N3O3/c1-14-11-15(2)20(16(3)12-14)23-19(25)13-27-21(26)17-5-7-18(8-6-17)24-10-4-9-22-24/h4-12H,13H2,1-3H3,(H,23,25). The lowest BCUT2D eigenvalue weighted by atomic mass is 10.1. The van der Waals surface area contributed by atoms with Crippen LogP contribution in [0.2, 0.25) is 0 Å². The third kappa shape index (κ3) is 4.41. The van der Waals surface area contributed by atoms with Crippen molar-refractivity contribution in [3.8, 4) is 5.69 Å². The van der Waals surface area contributed by atoms with E-state index in [9.17, 15) is 9.59 Å². The highest BCUT2D eigenvalue weighted by Gasteiger charge is 2.13. The summed E-state index contributed by atoms with van der Waals surface area (Å²) in [6.07, 6.45) is 3.49. The number of hydrogen-bond acceptors (Lipinski definition) is 4. The smallest absolute Gasteiger partial charge is 0.338 e. The first-order chi connectivity index (χ1) is 12.9. The van der Waals surface area contributed by atoms with Crippen LogP contribution in [0.4, 0.5) is 5.69 Å². The van der Waals surface area contributed by atoms with Crippen molar-refractivity contribution in [1.82, 2.24) is 9.78 Å². The quantitative estimate of drug-likeness (QED) is 0.703. The first-order valence-corrected chi connectivity index (χ1v) is 8.59. The summed E-state index contributed by atoms with van der Waals surface area (Å²) in [5.41, 5.74) is 5.04. The number of esters is 1. The molecule has 0 spiro atoms. The van der Waals surface area contributed by atoms with E-state index in [4.69, 9.17) is 4.74 Å². The molecule has 3 aromatic rings. The van der Waals surface area contributed by atoms with Crippen molar-refractivity contribution in [2.45, 2.75) is 20.8 Å². The molecule has 1 amide bonds. The van der Waals surface area contributed by atoms with E-state index in [1.165, 1.54) is 0 Å². The number of carbonyl (C=O) groups excluding carboxylic acids is 2. The molecule has 0 fully saturated rings. The van der Waals surface area contributed by atoms with Gasteiger partial charge >= 0.3 is 5.97 Å². The minimum Gasteiger partial charge on any atom is -0.452 e. The van der Waals surface area contributed by atoms with Crippen LogP contribution in [0.5, 0.6) is 0 Å². The number of amides is 1. The first-order valence-electron chi connectivity index (χ1n) is 8.59. The molecule has 6 heteroatoms. The summed E-state index contributed by atoms with van der Waals surface area (Å²) in [5.74, 6) is -0.916. The maximum atomic E-state index is 12.2. The molecule has 0 aliphatic heterocycles. The molecular weight excluding hydrogens is 342 g/mol. The van der Waals surface area contributed by atoms with Crippen LogP contribution in [0.3, 0.4) is 0 Å². The van der Waals surface area contributed by atoms with Crippen molar-refractivity contribution < 1.29 is 14.3 Å². The highest BCUT2D eigenvalue weighted by atomic mass is 16.5. The number of nitrogens with one attached hydrogen (secondary N) is 1. The predicted molar refractivity (Wildman–Crippen MR) is 103 cm³/mol. The third-order valence-corrected chi connectivity index (χ3v) is 4.15. The summed E-state index contributed by atoms with van der Waals surface area (Å²) in [6.45, 7) is 5.53. The van der Waals surface area contributed by atoms with Gasteiger partial charge in [0, 0.05) is 18.1 Å². The normalized spacial score (nSPS) is 10.5. The molecule has 0 saturated heterocycles. The summed E-state index contributed by atoms with van der Waals surface area (Å²) in [5, 5.41) is 6.94. The SMILES string of the molecule is Cc1cc(C)c(NC(=O)COC(=O)c2ccc(-n3cccn3)cc2)c(C)c1. The van der Waals surface area contributed by atoms with Gasteiger partial charge in [0.25, 0.3) is 5.91 Å². The van der Waals surface area contributed by atoms with Gasteiger partial charge in [0.1, 0.15) is 0 Å². The Labute approximate surface area is 157 Å². The van der Waals surface area contributed by atoms with Crippen molar-refractivity contribution in [2.75, 3.05) is 11.9 Å². The predicted octanol–water partition coefficient (Wildman–Crippen LogP) is 3.59. The molecule has 0 bridgehead atoms. The molecule has 0 saturated carbocycles. The highest BCUT2D eigenvalue weighted by Crippen LogP contribution is 2.21. The molecule has 0 unspecified atom stereocenters. The van der Waals surface area contributed by atoms with Gasteiger partial charge in [-0.05, 0) is 62.2 Å². The molecule has 2 aromatic carbocycles. The van der Waals surface area contributed by atoms with Crippen molar-refractivity contribution in [3.05, 3.63) is 77.1 Å². The number of hydrogen-bond donors (Lipinski definition) is 1. The molecule has 0 aliphatic carbocycles. The van der Waals surface area contributed by atoms with E-state index in [1.54, 1.807) is 35.1 Å². The maximum Gasteiger partial charge on any atom is 0.338 e. The zero-order chi connectivity index (χ0) is 19.4. The summed E-state index contributed by atoms with van der Waals surface area (Å²) < 4.78 is 6.81. The number of rotatable bonds is 5. The van der Waals surface area contributed by atoms with Gasteiger partial charge in [0.15, 0.2) is 6.61 Å². The zero-order valence-corrected chi connectivity index (χ0v) is 15.5. The number of ether oxygens (including phenoxy) is 1. The van der Waals surface area contributed by atoms with Gasteiger partial charge in [0.05, 0.1) is 11.3 Å². The van der Waals surface area contributed by atoms with E-state index >= 15 is 0 Å². The fraction of sp³-hybridized carbons (Fsp3) is 0.190. The zero-order valence-electron chi connectivity index (χ0n) is 15.5. The molecule has 6 nitrogen and oxygen atoms in total. The molecular formula is C21H21N3O3. The van der Waals surface area contributed by atoms with E-state index in [2.05, 4.69) is 10.4 Å². The van der Waals surface area contributed by atoms with Crippen LogP contribution in [-0.4, -0.2) is 28.3 Å². The fourth-order valence-corrected chi connectivity index (χ4v) is 2.94. The first kappa shape index (κ1) is 18.4. The lowest BCUT2D eigenvalue weighted by Gasteiger charge is -2.13. The molecule has 0 aliphatic rings. The van der Waals surface area contributed by atoms with E-state index in [0.29, 0.717) is 5.56 Å².